The topological polar surface area (TPSA) is 75.4 Å². The first-order valence-corrected chi connectivity index (χ1v) is 8.71. The fourth-order valence-corrected chi connectivity index (χ4v) is 3.07. The molecule has 0 aromatic heterocycles. The summed E-state index contributed by atoms with van der Waals surface area (Å²) in [5.41, 5.74) is 9.48. The van der Waals surface area contributed by atoms with Gasteiger partial charge < -0.3 is 16.0 Å². The monoisotopic (exact) mass is 367 g/mol. The van der Waals surface area contributed by atoms with Crippen LogP contribution in [0.25, 0.3) is 0 Å². The summed E-state index contributed by atoms with van der Waals surface area (Å²) in [7, 11) is 0. The van der Waals surface area contributed by atoms with E-state index >= 15 is 0 Å². The van der Waals surface area contributed by atoms with E-state index in [2.05, 4.69) is 37.4 Å². The molecule has 1 aromatic carbocycles. The van der Waals surface area contributed by atoms with Crippen molar-refractivity contribution in [2.24, 2.45) is 11.7 Å². The fourth-order valence-electron chi connectivity index (χ4n) is 3.07. The number of nitrogens with one attached hydrogen (secondary N) is 1. The Morgan fingerprint density at radius 2 is 1.96 bits per heavy atom. The normalized spacial score (nSPS) is 18.0. The molecule has 0 aliphatic carbocycles. The average molecular weight is 368 g/mol. The zero-order chi connectivity index (χ0) is 17.9. The van der Waals surface area contributed by atoms with E-state index in [-0.39, 0.29) is 42.7 Å². The molecule has 3 N–H and O–H groups in total. The molecule has 1 fully saturated rings. The third kappa shape index (κ3) is 5.19. The van der Waals surface area contributed by atoms with Crippen molar-refractivity contribution in [2.75, 3.05) is 13.1 Å². The summed E-state index contributed by atoms with van der Waals surface area (Å²) in [5, 5.41) is 2.68. The summed E-state index contributed by atoms with van der Waals surface area (Å²) in [6, 6.07) is 5.90. The number of hydrogen-bond acceptors (Lipinski definition) is 3. The Bertz CT molecular complexity index is 619. The highest BCUT2D eigenvalue weighted by molar-refractivity contribution is 5.87. The second-order valence-corrected chi connectivity index (χ2v) is 7.08. The van der Waals surface area contributed by atoms with Crippen LogP contribution in [0.4, 0.5) is 0 Å². The molecule has 1 aromatic rings. The zero-order valence-corrected chi connectivity index (χ0v) is 16.4. The molecule has 140 valence electrons. The van der Waals surface area contributed by atoms with Crippen LogP contribution in [-0.2, 0) is 9.59 Å². The van der Waals surface area contributed by atoms with Gasteiger partial charge in [-0.3, -0.25) is 9.59 Å². The van der Waals surface area contributed by atoms with Gasteiger partial charge in [-0.05, 0) is 49.3 Å². The van der Waals surface area contributed by atoms with Crippen molar-refractivity contribution in [3.05, 3.63) is 34.9 Å². The van der Waals surface area contributed by atoms with Gasteiger partial charge in [0.2, 0.25) is 11.8 Å². The van der Waals surface area contributed by atoms with Gasteiger partial charge in [0.1, 0.15) is 0 Å². The van der Waals surface area contributed by atoms with Crippen LogP contribution in [0.2, 0.25) is 0 Å². The summed E-state index contributed by atoms with van der Waals surface area (Å²) in [6.45, 7) is 8.71. The smallest absolute Gasteiger partial charge is 0.242 e. The van der Waals surface area contributed by atoms with Crippen LogP contribution in [0.1, 0.15) is 49.4 Å². The van der Waals surface area contributed by atoms with Gasteiger partial charge in [-0.1, -0.05) is 32.0 Å². The quantitative estimate of drug-likeness (QED) is 0.839. The first kappa shape index (κ1) is 21.5. The Morgan fingerprint density at radius 1 is 1.28 bits per heavy atom. The predicted octanol–water partition coefficient (Wildman–Crippen LogP) is 2.49. The van der Waals surface area contributed by atoms with Crippen molar-refractivity contribution in [3.8, 4) is 0 Å². The molecule has 5 nitrogen and oxygen atoms in total. The molecule has 6 heteroatoms. The number of likely N-dealkylation sites (tertiary alicyclic amines) is 1. The van der Waals surface area contributed by atoms with Gasteiger partial charge in [0.15, 0.2) is 0 Å². The third-order valence-electron chi connectivity index (χ3n) is 4.92. The van der Waals surface area contributed by atoms with Crippen molar-refractivity contribution in [1.82, 2.24) is 10.2 Å². The van der Waals surface area contributed by atoms with Crippen LogP contribution in [0, 0.1) is 19.8 Å². The predicted molar refractivity (Wildman–Crippen MR) is 103 cm³/mol. The number of benzene rings is 1. The van der Waals surface area contributed by atoms with E-state index in [0.717, 1.165) is 19.4 Å². The van der Waals surface area contributed by atoms with Gasteiger partial charge in [0, 0.05) is 6.54 Å². The van der Waals surface area contributed by atoms with Crippen molar-refractivity contribution in [2.45, 2.75) is 52.6 Å². The molecule has 2 atom stereocenters. The number of hydrogen-bond donors (Lipinski definition) is 2. The molecule has 1 aliphatic rings. The van der Waals surface area contributed by atoms with Gasteiger partial charge >= 0.3 is 0 Å². The van der Waals surface area contributed by atoms with E-state index < -0.39 is 6.04 Å². The van der Waals surface area contributed by atoms with Crippen molar-refractivity contribution in [3.63, 3.8) is 0 Å². The largest absolute Gasteiger partial charge is 0.346 e. The number of amides is 2. The molecule has 25 heavy (non-hydrogen) atoms. The van der Waals surface area contributed by atoms with E-state index in [1.54, 1.807) is 0 Å². The molecule has 0 bridgehead atoms. The molecule has 1 saturated heterocycles. The summed E-state index contributed by atoms with van der Waals surface area (Å²) < 4.78 is 0. The number of carbonyl (C=O) groups excluding carboxylic acids is 2. The van der Waals surface area contributed by atoms with E-state index in [1.165, 1.54) is 16.7 Å². The Kier molecular flexibility index (Phi) is 7.90. The Labute approximate surface area is 156 Å². The first-order valence-electron chi connectivity index (χ1n) is 8.71. The Hall–Kier alpha value is -1.59. The lowest BCUT2D eigenvalue weighted by molar-refractivity contribution is -0.134. The summed E-state index contributed by atoms with van der Waals surface area (Å²) in [6.07, 6.45) is 1.95. The van der Waals surface area contributed by atoms with Crippen LogP contribution in [-0.4, -0.2) is 35.8 Å². The van der Waals surface area contributed by atoms with Crippen LogP contribution in [0.5, 0.6) is 0 Å². The van der Waals surface area contributed by atoms with Crippen LogP contribution in [0.15, 0.2) is 18.2 Å². The lowest BCUT2D eigenvalue weighted by atomic mass is 9.99. The second-order valence-electron chi connectivity index (χ2n) is 7.08. The van der Waals surface area contributed by atoms with Gasteiger partial charge in [0.25, 0.3) is 0 Å². The highest BCUT2D eigenvalue weighted by atomic mass is 35.5. The molecule has 2 rings (SSSR count). The number of rotatable bonds is 5. The number of halogens is 1. The van der Waals surface area contributed by atoms with Gasteiger partial charge in [0.05, 0.1) is 18.6 Å². The van der Waals surface area contributed by atoms with E-state index in [9.17, 15) is 9.59 Å². The van der Waals surface area contributed by atoms with Gasteiger partial charge in [-0.2, -0.15) is 0 Å². The molecule has 0 saturated carbocycles. The molecule has 1 aliphatic heterocycles. The Morgan fingerprint density at radius 3 is 2.56 bits per heavy atom. The lowest BCUT2D eigenvalue weighted by Crippen LogP contribution is -2.47. The molecule has 2 amide bonds. The van der Waals surface area contributed by atoms with Gasteiger partial charge in [-0.15, -0.1) is 12.4 Å². The van der Waals surface area contributed by atoms with Gasteiger partial charge in [-0.25, -0.2) is 0 Å². The van der Waals surface area contributed by atoms with Crippen molar-refractivity contribution >= 4 is 24.2 Å². The van der Waals surface area contributed by atoms with Crippen molar-refractivity contribution in [1.29, 1.82) is 0 Å². The SMILES string of the molecule is Cc1ccc(C2CCCN2C(=O)CNC(=O)[C@@H](N)C(C)C)cc1C.Cl. The minimum absolute atomic E-state index is 0. The number of nitrogens with two attached hydrogens (primary N) is 1. The lowest BCUT2D eigenvalue weighted by Gasteiger charge is -2.26. The zero-order valence-electron chi connectivity index (χ0n) is 15.5. The summed E-state index contributed by atoms with van der Waals surface area (Å²) >= 11 is 0. The van der Waals surface area contributed by atoms with E-state index in [1.807, 2.05) is 18.7 Å². The number of nitrogens with zero attached hydrogens (tertiary/aromatic N) is 1. The third-order valence-corrected chi connectivity index (χ3v) is 4.92. The molecule has 0 spiro atoms. The highest BCUT2D eigenvalue weighted by Gasteiger charge is 2.30. The summed E-state index contributed by atoms with van der Waals surface area (Å²) in [4.78, 5) is 26.4. The van der Waals surface area contributed by atoms with Crippen molar-refractivity contribution < 1.29 is 9.59 Å². The standard InChI is InChI=1S/C19H29N3O2.ClH/c1-12(2)18(20)19(24)21-11-17(23)22-9-5-6-16(22)15-8-7-13(3)14(4)10-15;/h7-8,10,12,16,18H,5-6,9,11,20H2,1-4H3,(H,21,24);1H/t16?,18-;/m0./s1. The molecular formula is C19H30ClN3O2. The molecule has 1 heterocycles. The number of aryl methyl sites for hydroxylation is 2. The van der Waals surface area contributed by atoms with Crippen LogP contribution in [0.3, 0.4) is 0 Å². The maximum atomic E-state index is 12.5. The molecule has 0 radical (unpaired) electrons. The fraction of sp³-hybridized carbons (Fsp3) is 0.579. The van der Waals surface area contributed by atoms with E-state index in [0.29, 0.717) is 0 Å². The van der Waals surface area contributed by atoms with Crippen LogP contribution >= 0.6 is 12.4 Å². The number of carbonyl (C=O) groups is 2. The second kappa shape index (κ2) is 9.20. The molecular weight excluding hydrogens is 338 g/mol. The minimum Gasteiger partial charge on any atom is -0.346 e. The molecule has 1 unspecified atom stereocenters. The van der Waals surface area contributed by atoms with Crippen LogP contribution < -0.4 is 11.1 Å². The van der Waals surface area contributed by atoms with E-state index in [4.69, 9.17) is 5.73 Å². The maximum Gasteiger partial charge on any atom is 0.242 e. The first-order chi connectivity index (χ1) is 11.3. The maximum absolute atomic E-state index is 12.5. The minimum atomic E-state index is -0.577. The average Bonchev–Trinajstić information content (AvgIpc) is 3.03. The Balaban J connectivity index is 0.00000312. The summed E-state index contributed by atoms with van der Waals surface area (Å²) in [5.74, 6) is -0.254. The highest BCUT2D eigenvalue weighted by Crippen LogP contribution is 2.32.